The minimum atomic E-state index is -0.468. The minimum absolute atomic E-state index is 0. The van der Waals surface area contributed by atoms with Crippen LogP contribution < -0.4 is 11.1 Å². The molecular weight excluding hydrogens is 105 g/mol. The number of hydrogen-bond acceptors (Lipinski definition) is 2. The molecule has 1 N–H and O–H groups in total. The Bertz CT molecular complexity index is 162. The Kier molecular flexibility index (Phi) is 1.14. The van der Waals surface area contributed by atoms with E-state index in [1.54, 1.807) is 0 Å². The fraction of sp³-hybridized carbons (Fsp3) is 0. The van der Waals surface area contributed by atoms with Crippen molar-refractivity contribution in [1.82, 2.24) is 4.98 Å². The summed E-state index contributed by atoms with van der Waals surface area (Å²) in [5.41, 5.74) is -0.935. The van der Waals surface area contributed by atoms with Crippen LogP contribution in [0.2, 0.25) is 0 Å². The topological polar surface area (TPSA) is 49.9 Å². The van der Waals surface area contributed by atoms with Crippen molar-refractivity contribution in [3.8, 4) is 0 Å². The Morgan fingerprint density at radius 1 is 1.17 bits per heavy atom. The van der Waals surface area contributed by atoms with Crippen LogP contribution in [0.25, 0.3) is 0 Å². The molecule has 0 atom stereocenters. The van der Waals surface area contributed by atoms with Crippen LogP contribution in [0.4, 0.5) is 0 Å². The first kappa shape index (κ1) is 5.43. The van der Waals surface area contributed by atoms with Crippen LogP contribution >= 0.6 is 12.4 Å². The smallest absolute Gasteiger partial charge is 0.280 e. The van der Waals surface area contributed by atoms with Crippen molar-refractivity contribution in [2.45, 2.75) is 0 Å². The average molecular weight is 107 g/mol. The van der Waals surface area contributed by atoms with Gasteiger partial charge in [0.15, 0.2) is 0 Å². The molecule has 0 aliphatic carbocycles. The van der Waals surface area contributed by atoms with Gasteiger partial charge in [-0.3, -0.25) is 14.6 Å². The quantitative estimate of drug-likeness (QED) is 0.434. The molecule has 0 saturated carbocycles. The predicted molar refractivity (Wildman–Crippen MR) is 23.0 cm³/mol. The van der Waals surface area contributed by atoms with Gasteiger partial charge < -0.3 is 0 Å². The minimum Gasteiger partial charge on any atom is -0.280 e. The second-order valence-corrected chi connectivity index (χ2v) is 0.783. The fourth-order valence-electron chi connectivity index (χ4n) is 0.0719. The van der Waals surface area contributed by atoms with Crippen LogP contribution in [0.5, 0.6) is 0 Å². The molecule has 1 rings (SSSR count). The third-order valence-electron chi connectivity index (χ3n) is 0.371. The molecule has 0 saturated heterocycles. The zero-order valence-electron chi connectivity index (χ0n) is 2.72. The van der Waals surface area contributed by atoms with Gasteiger partial charge >= 0.3 is 11.1 Å². The number of aromatic nitrogens is 1. The molecule has 4 heteroatoms. The van der Waals surface area contributed by atoms with E-state index in [1.807, 2.05) is 4.98 Å². The highest BCUT2D eigenvalue weighted by Crippen LogP contribution is 1.28. The highest BCUT2D eigenvalue weighted by atomic mass is 35.5. The second kappa shape index (κ2) is 1.26. The van der Waals surface area contributed by atoms with E-state index in [0.717, 1.165) is 0 Å². The van der Waals surface area contributed by atoms with Crippen molar-refractivity contribution in [3.63, 3.8) is 0 Å². The number of hydrogen-bond donors (Lipinski definition) is 1. The van der Waals surface area contributed by atoms with E-state index in [9.17, 15) is 9.59 Å². The number of H-pyrrole nitrogens is 1. The Labute approximate surface area is 39.1 Å². The van der Waals surface area contributed by atoms with E-state index >= 15 is 0 Å². The molecule has 1 aromatic rings. The summed E-state index contributed by atoms with van der Waals surface area (Å²) in [4.78, 5) is 20.8. The lowest BCUT2D eigenvalue weighted by Gasteiger charge is -1.10. The number of halogens is 1. The molecule has 0 aromatic carbocycles. The number of rotatable bonds is 0. The molecule has 0 amide bonds. The summed E-state index contributed by atoms with van der Waals surface area (Å²) < 4.78 is 0. The first-order chi connectivity index (χ1) is 2.30. The van der Waals surface area contributed by atoms with Crippen molar-refractivity contribution in [2.24, 2.45) is 0 Å². The summed E-state index contributed by atoms with van der Waals surface area (Å²) in [6.07, 6.45) is 0. The third kappa shape index (κ3) is 0.687. The summed E-state index contributed by atoms with van der Waals surface area (Å²) in [7, 11) is 0. The summed E-state index contributed by atoms with van der Waals surface area (Å²) in [5, 5.41) is 0. The Morgan fingerprint density at radius 2 is 1.33 bits per heavy atom. The maximum absolute atomic E-state index is 9.43. The summed E-state index contributed by atoms with van der Waals surface area (Å²) in [6, 6.07) is 0. The van der Waals surface area contributed by atoms with Gasteiger partial charge in [-0.25, -0.2) is 0 Å². The molecule has 0 unspecified atom stereocenters. The van der Waals surface area contributed by atoms with E-state index in [1.165, 1.54) is 0 Å². The molecule has 0 aliphatic rings. The lowest BCUT2D eigenvalue weighted by atomic mass is 11.1. The van der Waals surface area contributed by atoms with Crippen molar-refractivity contribution < 1.29 is 0 Å². The van der Waals surface area contributed by atoms with E-state index < -0.39 is 11.1 Å². The van der Waals surface area contributed by atoms with Crippen molar-refractivity contribution in [1.29, 1.82) is 0 Å². The van der Waals surface area contributed by atoms with Gasteiger partial charge in [0, 0.05) is 0 Å². The lowest BCUT2D eigenvalue weighted by molar-refractivity contribution is 1.56. The van der Waals surface area contributed by atoms with Gasteiger partial charge in [-0.15, -0.1) is 12.4 Å². The highest BCUT2D eigenvalue weighted by Gasteiger charge is 1.96. The van der Waals surface area contributed by atoms with Crippen molar-refractivity contribution in [2.75, 3.05) is 0 Å². The largest absolute Gasteiger partial charge is 0.316 e. The third-order valence-corrected chi connectivity index (χ3v) is 0.371. The van der Waals surface area contributed by atoms with Gasteiger partial charge in [0.05, 0.1) is 0 Å². The summed E-state index contributed by atoms with van der Waals surface area (Å²) >= 11 is 0. The molecule has 0 bridgehead atoms. The maximum atomic E-state index is 9.43. The normalized spacial score (nSPS) is 8.00. The highest BCUT2D eigenvalue weighted by molar-refractivity contribution is 5.85. The van der Waals surface area contributed by atoms with E-state index in [0.29, 0.717) is 0 Å². The summed E-state index contributed by atoms with van der Waals surface area (Å²) in [6.45, 7) is 0. The van der Waals surface area contributed by atoms with Crippen LogP contribution in [0.15, 0.2) is 9.59 Å². The molecule has 34 valence electrons. The van der Waals surface area contributed by atoms with Crippen LogP contribution in [-0.2, 0) is 0 Å². The number of nitrogens with one attached hydrogen (secondary N) is 1. The van der Waals surface area contributed by atoms with Gasteiger partial charge in [0.2, 0.25) is 0 Å². The fourth-order valence-corrected chi connectivity index (χ4v) is 0.0719. The van der Waals surface area contributed by atoms with Gasteiger partial charge in [-0.2, -0.15) is 0 Å². The maximum Gasteiger partial charge on any atom is 0.316 e. The second-order valence-electron chi connectivity index (χ2n) is 0.783. The standard InChI is InChI=1S/C2HNO2.ClH/c4-1-2(5)3-1;/h(H,3,4,5);1H. The predicted octanol–water partition coefficient (Wildman–Crippen LogP) is -0.968. The molecule has 0 radical (unpaired) electrons. The SMILES string of the molecule is Cl.O=c1[nH]c1=O. The van der Waals surface area contributed by atoms with E-state index in [-0.39, 0.29) is 12.4 Å². The van der Waals surface area contributed by atoms with Gasteiger partial charge in [-0.05, 0) is 0 Å². The van der Waals surface area contributed by atoms with Crippen LogP contribution in [0, 0.1) is 0 Å². The Hall–Kier alpha value is -0.570. The molecule has 1 heterocycles. The first-order valence-corrected chi connectivity index (χ1v) is 1.16. The molecule has 0 fully saturated rings. The lowest BCUT2D eigenvalue weighted by Crippen LogP contribution is -1.88. The molecule has 0 aliphatic heterocycles. The molecule has 0 spiro atoms. The zero-order chi connectivity index (χ0) is 3.86. The summed E-state index contributed by atoms with van der Waals surface area (Å²) in [5.74, 6) is 0. The number of aromatic amines is 1. The molecular formula is C2H2ClNO2. The first-order valence-electron chi connectivity index (χ1n) is 1.16. The van der Waals surface area contributed by atoms with Gasteiger partial charge in [0.25, 0.3) is 0 Å². The Morgan fingerprint density at radius 3 is 1.33 bits per heavy atom. The molecule has 1 aromatic heterocycles. The van der Waals surface area contributed by atoms with E-state index in [4.69, 9.17) is 0 Å². The van der Waals surface area contributed by atoms with E-state index in [2.05, 4.69) is 0 Å². The van der Waals surface area contributed by atoms with Crippen LogP contribution in [-0.4, -0.2) is 4.98 Å². The van der Waals surface area contributed by atoms with Crippen molar-refractivity contribution in [3.05, 3.63) is 20.7 Å². The zero-order valence-corrected chi connectivity index (χ0v) is 3.54. The monoisotopic (exact) mass is 107 g/mol. The Balaban J connectivity index is 0.000000250. The molecule has 6 heavy (non-hydrogen) atoms. The van der Waals surface area contributed by atoms with Gasteiger partial charge in [0.1, 0.15) is 0 Å². The van der Waals surface area contributed by atoms with Crippen molar-refractivity contribution >= 4 is 12.4 Å². The molecule has 3 nitrogen and oxygen atoms in total. The van der Waals surface area contributed by atoms with Crippen LogP contribution in [0.3, 0.4) is 0 Å². The average Bonchev–Trinajstić information content (AvgIpc) is 1.79. The van der Waals surface area contributed by atoms with Gasteiger partial charge in [-0.1, -0.05) is 0 Å². The van der Waals surface area contributed by atoms with Crippen LogP contribution in [0.1, 0.15) is 0 Å².